The highest BCUT2D eigenvalue weighted by Crippen LogP contribution is 2.28. The molecule has 0 fully saturated rings. The summed E-state index contributed by atoms with van der Waals surface area (Å²) in [6, 6.07) is 12.2. The summed E-state index contributed by atoms with van der Waals surface area (Å²) in [6.07, 6.45) is 0.994. The van der Waals surface area contributed by atoms with Crippen LogP contribution in [0, 0.1) is 5.82 Å². The number of hydrogen-bond donors (Lipinski definition) is 1. The van der Waals surface area contributed by atoms with Gasteiger partial charge < -0.3 is 10.3 Å². The van der Waals surface area contributed by atoms with Crippen molar-refractivity contribution in [3.05, 3.63) is 48.3 Å². The van der Waals surface area contributed by atoms with Crippen molar-refractivity contribution in [1.82, 2.24) is 9.55 Å². The van der Waals surface area contributed by atoms with Gasteiger partial charge in [-0.15, -0.1) is 0 Å². The fourth-order valence-corrected chi connectivity index (χ4v) is 2.44. The van der Waals surface area contributed by atoms with Crippen molar-refractivity contribution in [2.45, 2.75) is 19.9 Å². The molecule has 0 unspecified atom stereocenters. The van der Waals surface area contributed by atoms with Gasteiger partial charge in [-0.25, -0.2) is 9.37 Å². The molecule has 0 bridgehead atoms. The van der Waals surface area contributed by atoms with Gasteiger partial charge in [-0.05, 0) is 42.8 Å². The number of anilines is 1. The number of halogens is 1. The summed E-state index contributed by atoms with van der Waals surface area (Å²) >= 11 is 0. The van der Waals surface area contributed by atoms with Gasteiger partial charge >= 0.3 is 0 Å². The fourth-order valence-electron chi connectivity index (χ4n) is 2.44. The zero-order valence-electron chi connectivity index (χ0n) is 11.3. The molecule has 1 heterocycles. The van der Waals surface area contributed by atoms with Crippen LogP contribution in [0.5, 0.6) is 0 Å². The summed E-state index contributed by atoms with van der Waals surface area (Å²) in [4.78, 5) is 4.65. The van der Waals surface area contributed by atoms with Crippen molar-refractivity contribution in [2.24, 2.45) is 0 Å². The molecular formula is C16H16FN3. The first-order valence-corrected chi connectivity index (χ1v) is 6.71. The SMILES string of the molecule is CCCn1c(-c2ccc(F)cc2)nc2c(N)cccc21. The van der Waals surface area contributed by atoms with Gasteiger partial charge in [0.05, 0.1) is 11.2 Å². The summed E-state index contributed by atoms with van der Waals surface area (Å²) in [5.74, 6) is 0.589. The van der Waals surface area contributed by atoms with Crippen molar-refractivity contribution in [2.75, 3.05) is 5.73 Å². The lowest BCUT2D eigenvalue weighted by Crippen LogP contribution is -1.99. The standard InChI is InChI=1S/C16H16FN3/c1-2-10-20-14-5-3-4-13(18)15(14)19-16(20)11-6-8-12(17)9-7-11/h3-9H,2,10,18H2,1H3. The van der Waals surface area contributed by atoms with E-state index in [-0.39, 0.29) is 5.82 Å². The normalized spacial score (nSPS) is 11.1. The zero-order valence-corrected chi connectivity index (χ0v) is 11.3. The Hall–Kier alpha value is -2.36. The number of hydrogen-bond acceptors (Lipinski definition) is 2. The fraction of sp³-hybridized carbons (Fsp3) is 0.188. The first kappa shape index (κ1) is 12.7. The predicted molar refractivity (Wildman–Crippen MR) is 79.8 cm³/mol. The van der Waals surface area contributed by atoms with Crippen LogP contribution in [0.4, 0.5) is 10.1 Å². The van der Waals surface area contributed by atoms with Gasteiger partial charge in [-0.1, -0.05) is 13.0 Å². The lowest BCUT2D eigenvalue weighted by atomic mass is 10.2. The third-order valence-corrected chi connectivity index (χ3v) is 3.36. The molecule has 0 spiro atoms. The second-order valence-corrected chi connectivity index (χ2v) is 4.81. The smallest absolute Gasteiger partial charge is 0.141 e. The molecule has 20 heavy (non-hydrogen) atoms. The number of aryl methyl sites for hydroxylation is 1. The molecule has 0 radical (unpaired) electrons. The van der Waals surface area contributed by atoms with E-state index in [0.717, 1.165) is 35.4 Å². The minimum absolute atomic E-state index is 0.244. The van der Waals surface area contributed by atoms with Gasteiger partial charge in [-0.2, -0.15) is 0 Å². The van der Waals surface area contributed by atoms with E-state index in [1.807, 2.05) is 18.2 Å². The highest BCUT2D eigenvalue weighted by atomic mass is 19.1. The molecule has 0 aliphatic heterocycles. The molecule has 3 aromatic rings. The molecule has 3 rings (SSSR count). The molecule has 0 aliphatic carbocycles. The summed E-state index contributed by atoms with van der Waals surface area (Å²) in [7, 11) is 0. The Kier molecular flexibility index (Phi) is 3.14. The Morgan fingerprint density at radius 3 is 2.60 bits per heavy atom. The van der Waals surface area contributed by atoms with E-state index in [2.05, 4.69) is 16.5 Å². The zero-order chi connectivity index (χ0) is 14.1. The second-order valence-electron chi connectivity index (χ2n) is 4.81. The van der Waals surface area contributed by atoms with Crippen molar-refractivity contribution < 1.29 is 4.39 Å². The molecular weight excluding hydrogens is 253 g/mol. The van der Waals surface area contributed by atoms with Crippen LogP contribution in [0.1, 0.15) is 13.3 Å². The number of nitrogens with zero attached hydrogens (tertiary/aromatic N) is 2. The molecule has 1 aromatic heterocycles. The molecule has 0 amide bonds. The minimum atomic E-state index is -0.244. The van der Waals surface area contributed by atoms with E-state index in [1.165, 1.54) is 12.1 Å². The predicted octanol–water partition coefficient (Wildman–Crippen LogP) is 3.83. The van der Waals surface area contributed by atoms with Gasteiger partial charge in [0.1, 0.15) is 17.2 Å². The number of aromatic nitrogens is 2. The van der Waals surface area contributed by atoms with E-state index in [1.54, 1.807) is 12.1 Å². The molecule has 0 aliphatic rings. The lowest BCUT2D eigenvalue weighted by Gasteiger charge is -2.07. The summed E-state index contributed by atoms with van der Waals surface area (Å²) in [5.41, 5.74) is 9.39. The van der Waals surface area contributed by atoms with Gasteiger partial charge in [0, 0.05) is 12.1 Å². The lowest BCUT2D eigenvalue weighted by molar-refractivity contribution is 0.628. The van der Waals surface area contributed by atoms with Crippen LogP contribution in [-0.4, -0.2) is 9.55 Å². The Morgan fingerprint density at radius 2 is 1.90 bits per heavy atom. The van der Waals surface area contributed by atoms with Crippen molar-refractivity contribution in [3.63, 3.8) is 0 Å². The van der Waals surface area contributed by atoms with E-state index in [9.17, 15) is 4.39 Å². The monoisotopic (exact) mass is 269 g/mol. The van der Waals surface area contributed by atoms with Crippen LogP contribution in [0.2, 0.25) is 0 Å². The molecule has 102 valence electrons. The molecule has 0 atom stereocenters. The van der Waals surface area contributed by atoms with E-state index in [4.69, 9.17) is 5.73 Å². The van der Waals surface area contributed by atoms with Gasteiger partial charge in [0.15, 0.2) is 0 Å². The van der Waals surface area contributed by atoms with Crippen LogP contribution in [0.25, 0.3) is 22.4 Å². The quantitative estimate of drug-likeness (QED) is 0.734. The average molecular weight is 269 g/mol. The number of para-hydroxylation sites is 1. The maximum absolute atomic E-state index is 13.1. The Labute approximate surface area is 116 Å². The van der Waals surface area contributed by atoms with Crippen LogP contribution in [-0.2, 0) is 6.54 Å². The molecule has 3 nitrogen and oxygen atoms in total. The Morgan fingerprint density at radius 1 is 1.15 bits per heavy atom. The second kappa shape index (κ2) is 4.96. The molecule has 4 heteroatoms. The van der Waals surface area contributed by atoms with Crippen molar-refractivity contribution in [1.29, 1.82) is 0 Å². The number of nitrogen functional groups attached to an aromatic ring is 1. The highest BCUT2D eigenvalue weighted by molar-refractivity contribution is 5.90. The van der Waals surface area contributed by atoms with Crippen LogP contribution >= 0.6 is 0 Å². The number of rotatable bonds is 3. The average Bonchev–Trinajstić information content (AvgIpc) is 2.81. The van der Waals surface area contributed by atoms with Crippen molar-refractivity contribution >= 4 is 16.7 Å². The molecule has 0 saturated carbocycles. The summed E-state index contributed by atoms with van der Waals surface area (Å²) in [5, 5.41) is 0. The van der Waals surface area contributed by atoms with Crippen LogP contribution in [0.15, 0.2) is 42.5 Å². The minimum Gasteiger partial charge on any atom is -0.397 e. The van der Waals surface area contributed by atoms with Gasteiger partial charge in [0.25, 0.3) is 0 Å². The Bertz CT molecular complexity index is 744. The van der Waals surface area contributed by atoms with Crippen molar-refractivity contribution in [3.8, 4) is 11.4 Å². The Balaban J connectivity index is 2.26. The van der Waals surface area contributed by atoms with E-state index >= 15 is 0 Å². The third-order valence-electron chi connectivity index (χ3n) is 3.36. The molecule has 0 saturated heterocycles. The van der Waals surface area contributed by atoms with E-state index < -0.39 is 0 Å². The van der Waals surface area contributed by atoms with Gasteiger partial charge in [-0.3, -0.25) is 0 Å². The van der Waals surface area contributed by atoms with Crippen LogP contribution in [0.3, 0.4) is 0 Å². The van der Waals surface area contributed by atoms with Crippen LogP contribution < -0.4 is 5.73 Å². The first-order valence-electron chi connectivity index (χ1n) is 6.71. The number of benzene rings is 2. The van der Waals surface area contributed by atoms with E-state index in [0.29, 0.717) is 5.69 Å². The highest BCUT2D eigenvalue weighted by Gasteiger charge is 2.13. The largest absolute Gasteiger partial charge is 0.397 e. The number of fused-ring (bicyclic) bond motifs is 1. The summed E-state index contributed by atoms with van der Waals surface area (Å²) < 4.78 is 15.2. The molecule has 2 N–H and O–H groups in total. The summed E-state index contributed by atoms with van der Waals surface area (Å²) in [6.45, 7) is 2.97. The van der Waals surface area contributed by atoms with Gasteiger partial charge in [0.2, 0.25) is 0 Å². The topological polar surface area (TPSA) is 43.8 Å². The number of nitrogens with two attached hydrogens (primary N) is 1. The maximum Gasteiger partial charge on any atom is 0.141 e. The maximum atomic E-state index is 13.1. The number of imidazole rings is 1. The third kappa shape index (κ3) is 2.03. The first-order chi connectivity index (χ1) is 9.70. The molecule has 2 aromatic carbocycles.